The van der Waals surface area contributed by atoms with Crippen LogP contribution in [0.4, 0.5) is 0 Å². The molecule has 1 amide bonds. The van der Waals surface area contributed by atoms with E-state index in [-0.39, 0.29) is 11.9 Å². The van der Waals surface area contributed by atoms with Crippen LogP contribution in [0.1, 0.15) is 30.1 Å². The van der Waals surface area contributed by atoms with E-state index in [9.17, 15) is 4.79 Å². The Labute approximate surface area is 153 Å². The molecule has 1 heterocycles. The Balaban J connectivity index is 1.74. The van der Waals surface area contributed by atoms with Crippen LogP contribution in [-0.2, 0) is 0 Å². The smallest absolute Gasteiger partial charge is 0.255 e. The number of rotatable bonds is 7. The molecule has 5 nitrogen and oxygen atoms in total. The average Bonchev–Trinajstić information content (AvgIpc) is 3.33. The van der Waals surface area contributed by atoms with Crippen molar-refractivity contribution < 1.29 is 9.53 Å². The fourth-order valence-corrected chi connectivity index (χ4v) is 3.16. The van der Waals surface area contributed by atoms with E-state index in [1.165, 1.54) is 12.8 Å². The van der Waals surface area contributed by atoms with Gasteiger partial charge in [-0.3, -0.25) is 9.69 Å². The summed E-state index contributed by atoms with van der Waals surface area (Å²) in [6.45, 7) is 2.71. The normalized spacial score (nSPS) is 15.2. The molecule has 3 rings (SSSR count). The molecule has 1 atom stereocenters. The highest BCUT2D eigenvalue weighted by atomic mass is 35.5. The van der Waals surface area contributed by atoms with E-state index < -0.39 is 0 Å². The van der Waals surface area contributed by atoms with Gasteiger partial charge in [-0.05, 0) is 45.0 Å². The largest absolute Gasteiger partial charge is 0.496 e. The number of methoxy groups -OCH3 is 1. The number of aromatic nitrogens is 1. The van der Waals surface area contributed by atoms with Crippen LogP contribution in [0.2, 0.25) is 5.02 Å². The number of benzene rings is 1. The predicted molar refractivity (Wildman–Crippen MR) is 99.9 cm³/mol. The minimum atomic E-state index is -0.172. The molecule has 1 aliphatic rings. The maximum atomic E-state index is 12.6. The molecule has 25 heavy (non-hydrogen) atoms. The molecule has 1 aromatic heterocycles. The van der Waals surface area contributed by atoms with E-state index in [0.717, 1.165) is 5.69 Å². The van der Waals surface area contributed by atoms with Crippen LogP contribution in [0.5, 0.6) is 5.75 Å². The van der Waals surface area contributed by atoms with Gasteiger partial charge in [0.05, 0.1) is 23.4 Å². The van der Waals surface area contributed by atoms with Crippen LogP contribution < -0.4 is 10.1 Å². The molecule has 0 saturated heterocycles. The molecule has 1 aliphatic carbocycles. The van der Waals surface area contributed by atoms with E-state index >= 15 is 0 Å². The fraction of sp³-hybridized carbons (Fsp3) is 0.421. The van der Waals surface area contributed by atoms with Crippen molar-refractivity contribution in [3.05, 3.63) is 47.2 Å². The molecule has 0 radical (unpaired) electrons. The topological polar surface area (TPSA) is 46.5 Å². The van der Waals surface area contributed by atoms with Crippen LogP contribution in [0, 0.1) is 0 Å². The molecule has 0 bridgehead atoms. The molecule has 134 valence electrons. The summed E-state index contributed by atoms with van der Waals surface area (Å²) in [5.74, 6) is 0.336. The van der Waals surface area contributed by atoms with Gasteiger partial charge in [0.2, 0.25) is 0 Å². The van der Waals surface area contributed by atoms with Gasteiger partial charge in [0.1, 0.15) is 5.75 Å². The van der Waals surface area contributed by atoms with Gasteiger partial charge in [0.25, 0.3) is 5.91 Å². The quantitative estimate of drug-likeness (QED) is 0.822. The van der Waals surface area contributed by atoms with Crippen molar-refractivity contribution >= 4 is 17.5 Å². The zero-order chi connectivity index (χ0) is 18.0. The number of nitrogens with zero attached hydrogens (tertiary/aromatic N) is 2. The van der Waals surface area contributed by atoms with Crippen LogP contribution in [0.25, 0.3) is 5.69 Å². The molecule has 0 spiro atoms. The first-order valence-corrected chi connectivity index (χ1v) is 8.90. The predicted octanol–water partition coefficient (Wildman–Crippen LogP) is 3.35. The number of halogens is 1. The first-order chi connectivity index (χ1) is 12.0. The highest BCUT2D eigenvalue weighted by Crippen LogP contribution is 2.30. The lowest BCUT2D eigenvalue weighted by molar-refractivity contribution is 0.0936. The Morgan fingerprint density at radius 1 is 1.40 bits per heavy atom. The van der Waals surface area contributed by atoms with Crippen molar-refractivity contribution in [2.75, 3.05) is 20.7 Å². The summed E-state index contributed by atoms with van der Waals surface area (Å²) in [5, 5.41) is 3.50. The summed E-state index contributed by atoms with van der Waals surface area (Å²) < 4.78 is 7.31. The number of amides is 1. The van der Waals surface area contributed by atoms with Gasteiger partial charge in [0, 0.05) is 37.1 Å². The zero-order valence-electron chi connectivity index (χ0n) is 14.8. The summed E-state index contributed by atoms with van der Waals surface area (Å²) in [7, 11) is 3.67. The molecule has 1 saturated carbocycles. The van der Waals surface area contributed by atoms with Crippen molar-refractivity contribution in [3.63, 3.8) is 0 Å². The summed E-state index contributed by atoms with van der Waals surface area (Å²) in [6.07, 6.45) is 6.30. The Morgan fingerprint density at radius 2 is 2.08 bits per heavy atom. The lowest BCUT2D eigenvalue weighted by Gasteiger charge is -2.24. The second kappa shape index (κ2) is 7.50. The molecule has 1 unspecified atom stereocenters. The number of carbonyl (C=O) groups is 1. The van der Waals surface area contributed by atoms with Crippen molar-refractivity contribution in [2.24, 2.45) is 0 Å². The first kappa shape index (κ1) is 17.8. The van der Waals surface area contributed by atoms with Gasteiger partial charge in [-0.2, -0.15) is 0 Å². The van der Waals surface area contributed by atoms with Gasteiger partial charge in [0.15, 0.2) is 0 Å². The zero-order valence-corrected chi connectivity index (χ0v) is 15.6. The number of carbonyl (C=O) groups excluding carboxylic acids is 1. The van der Waals surface area contributed by atoms with Gasteiger partial charge in [-0.15, -0.1) is 0 Å². The van der Waals surface area contributed by atoms with Gasteiger partial charge in [-0.1, -0.05) is 11.6 Å². The second-order valence-electron chi connectivity index (χ2n) is 6.55. The average molecular weight is 362 g/mol. The maximum absolute atomic E-state index is 12.6. The number of hydrogen-bond donors (Lipinski definition) is 1. The summed E-state index contributed by atoms with van der Waals surface area (Å²) in [5.41, 5.74) is 1.23. The van der Waals surface area contributed by atoms with E-state index in [1.54, 1.807) is 19.2 Å². The Morgan fingerprint density at radius 3 is 2.68 bits per heavy atom. The van der Waals surface area contributed by atoms with E-state index in [1.807, 2.05) is 29.1 Å². The van der Waals surface area contributed by atoms with Gasteiger partial charge < -0.3 is 14.6 Å². The van der Waals surface area contributed by atoms with E-state index in [2.05, 4.69) is 24.2 Å². The Kier molecular flexibility index (Phi) is 5.35. The SMILES string of the molecule is COc1cc(-n2cccc2)c(Cl)cc1C(=O)NCC(C)N(C)C1CC1. The Hall–Kier alpha value is -1.98. The number of ether oxygens (including phenoxy) is 1. The summed E-state index contributed by atoms with van der Waals surface area (Å²) in [4.78, 5) is 14.9. The molecule has 1 N–H and O–H groups in total. The summed E-state index contributed by atoms with van der Waals surface area (Å²) in [6, 6.07) is 8.24. The van der Waals surface area contributed by atoms with Crippen molar-refractivity contribution in [1.29, 1.82) is 0 Å². The molecule has 1 fully saturated rings. The molecule has 6 heteroatoms. The van der Waals surface area contributed by atoms with Crippen LogP contribution in [0.3, 0.4) is 0 Å². The van der Waals surface area contributed by atoms with Crippen LogP contribution in [0.15, 0.2) is 36.7 Å². The molecule has 1 aromatic carbocycles. The highest BCUT2D eigenvalue weighted by Gasteiger charge is 2.29. The van der Waals surface area contributed by atoms with Crippen LogP contribution >= 0.6 is 11.6 Å². The van der Waals surface area contributed by atoms with Crippen molar-refractivity contribution in [1.82, 2.24) is 14.8 Å². The van der Waals surface area contributed by atoms with Gasteiger partial charge in [-0.25, -0.2) is 0 Å². The van der Waals surface area contributed by atoms with Crippen molar-refractivity contribution in [3.8, 4) is 11.4 Å². The number of likely N-dealkylation sites (N-methyl/N-ethyl adjacent to an activating group) is 1. The third kappa shape index (κ3) is 3.99. The lowest BCUT2D eigenvalue weighted by Crippen LogP contribution is -2.41. The highest BCUT2D eigenvalue weighted by molar-refractivity contribution is 6.33. The number of nitrogens with one attached hydrogen (secondary N) is 1. The first-order valence-electron chi connectivity index (χ1n) is 8.52. The monoisotopic (exact) mass is 361 g/mol. The minimum Gasteiger partial charge on any atom is -0.496 e. The minimum absolute atomic E-state index is 0.172. The summed E-state index contributed by atoms with van der Waals surface area (Å²) >= 11 is 6.39. The second-order valence-corrected chi connectivity index (χ2v) is 6.96. The molecular weight excluding hydrogens is 338 g/mol. The van der Waals surface area contributed by atoms with E-state index in [4.69, 9.17) is 16.3 Å². The molecule has 0 aliphatic heterocycles. The fourth-order valence-electron chi connectivity index (χ4n) is 2.90. The van der Waals surface area contributed by atoms with Gasteiger partial charge >= 0.3 is 0 Å². The standard InChI is InChI=1S/C19H24ClN3O2/c1-13(22(2)14-6-7-14)12-21-19(24)15-10-16(20)17(11-18(15)25-3)23-8-4-5-9-23/h4-5,8-11,13-14H,6-7,12H2,1-3H3,(H,21,24). The Bertz CT molecular complexity index is 741. The van der Waals surface area contributed by atoms with Crippen molar-refractivity contribution in [2.45, 2.75) is 31.8 Å². The third-order valence-corrected chi connectivity index (χ3v) is 5.08. The maximum Gasteiger partial charge on any atom is 0.255 e. The molecular formula is C19H24ClN3O2. The van der Waals surface area contributed by atoms with E-state index in [0.29, 0.717) is 28.9 Å². The lowest BCUT2D eigenvalue weighted by atomic mass is 10.1. The molecule has 2 aromatic rings. The van der Waals surface area contributed by atoms with Crippen LogP contribution in [-0.4, -0.2) is 48.2 Å². The number of hydrogen-bond acceptors (Lipinski definition) is 3. The third-order valence-electron chi connectivity index (χ3n) is 4.77.